The van der Waals surface area contributed by atoms with Crippen molar-refractivity contribution >= 4 is 68.8 Å². The Morgan fingerprint density at radius 1 is 1.18 bits per heavy atom. The molecule has 1 aromatic carbocycles. The Kier molecular flexibility index (Phi) is 10.8. The molecule has 0 bridgehead atoms. The van der Waals surface area contributed by atoms with Gasteiger partial charge < -0.3 is 19.9 Å². The van der Waals surface area contributed by atoms with E-state index in [2.05, 4.69) is 14.9 Å². The Morgan fingerprint density at radius 2 is 1.90 bits per heavy atom. The molecule has 0 saturated carbocycles. The molecule has 4 rings (SSSR count). The molecule has 2 N–H and O–H groups in total. The molecule has 0 unspecified atom stereocenters. The third-order valence-electron chi connectivity index (χ3n) is 6.70. The third kappa shape index (κ3) is 7.71. The van der Waals surface area contributed by atoms with Gasteiger partial charge in [0.2, 0.25) is 15.9 Å². The van der Waals surface area contributed by atoms with Crippen LogP contribution in [0.5, 0.6) is 0 Å². The van der Waals surface area contributed by atoms with Gasteiger partial charge in [0.15, 0.2) is 0 Å². The van der Waals surface area contributed by atoms with Crippen LogP contribution in [0.2, 0.25) is 4.34 Å². The van der Waals surface area contributed by atoms with E-state index in [9.17, 15) is 22.8 Å². The Bertz CT molecular complexity index is 1310. The van der Waals surface area contributed by atoms with Crippen LogP contribution >= 0.6 is 35.3 Å². The lowest BCUT2D eigenvalue weighted by Crippen LogP contribution is -2.50. The Morgan fingerprint density at radius 3 is 2.51 bits per heavy atom. The predicted octanol–water partition coefficient (Wildman–Crippen LogP) is 2.97. The van der Waals surface area contributed by atoms with E-state index < -0.39 is 27.9 Å². The summed E-state index contributed by atoms with van der Waals surface area (Å²) in [5.41, 5.74) is 0.915. The number of piperidine rings is 1. The fourth-order valence-electron chi connectivity index (χ4n) is 4.58. The number of likely N-dealkylation sites (tertiary alicyclic amines) is 1. The van der Waals surface area contributed by atoms with Gasteiger partial charge in [0.1, 0.15) is 12.1 Å². The summed E-state index contributed by atoms with van der Waals surface area (Å²) in [4.78, 5) is 42.0. The van der Waals surface area contributed by atoms with Gasteiger partial charge in [-0.2, -0.15) is 4.72 Å². The molecule has 2 aliphatic rings. The summed E-state index contributed by atoms with van der Waals surface area (Å²) in [7, 11) is -2.25. The second-order valence-corrected chi connectivity index (χ2v) is 12.9. The number of amides is 2. The molecule has 14 heteroatoms. The number of nitrogens with zero attached hydrogens (tertiary/aromatic N) is 2. The first-order valence-electron chi connectivity index (χ1n) is 12.4. The summed E-state index contributed by atoms with van der Waals surface area (Å²) < 4.78 is 35.6. The van der Waals surface area contributed by atoms with Crippen molar-refractivity contribution in [2.75, 3.05) is 38.1 Å². The van der Waals surface area contributed by atoms with Gasteiger partial charge in [-0.25, -0.2) is 8.42 Å². The number of esters is 1. The lowest BCUT2D eigenvalue weighted by Gasteiger charge is -2.30. The van der Waals surface area contributed by atoms with E-state index in [1.54, 1.807) is 36.1 Å². The average molecular weight is 620 g/mol. The second kappa shape index (κ2) is 13.4. The lowest BCUT2D eigenvalue weighted by molar-refractivity contribution is -0.153. The first-order valence-corrected chi connectivity index (χ1v) is 15.1. The molecule has 1 aromatic heterocycles. The molecule has 2 aromatic rings. The first kappa shape index (κ1) is 31.3. The minimum atomic E-state index is -4.23. The van der Waals surface area contributed by atoms with Crippen LogP contribution in [0.1, 0.15) is 40.9 Å². The standard InChI is InChI=1S/C25H31ClN4O6S2.ClH/c1-16-19(30-12-4-7-23(30)31)5-3-6-21(16)38(34,35)28-18(15-27-24(32)20-8-9-22(26)37-20)25(33)36-17-10-13-29(2)14-11-17;/h3,5-6,8-9,17-18,28H,4,7,10-15H2,1-2H3,(H,27,32);1H/t18-;/m0./s1. The number of carbonyl (C=O) groups is 3. The van der Waals surface area contributed by atoms with E-state index in [0.29, 0.717) is 52.7 Å². The van der Waals surface area contributed by atoms with Crippen LogP contribution in [-0.4, -0.2) is 76.5 Å². The summed E-state index contributed by atoms with van der Waals surface area (Å²) in [6, 6.07) is 6.46. The van der Waals surface area contributed by atoms with Crippen molar-refractivity contribution in [3.8, 4) is 0 Å². The van der Waals surface area contributed by atoms with E-state index in [1.807, 2.05) is 7.05 Å². The largest absolute Gasteiger partial charge is 0.461 e. The number of hydrogen-bond acceptors (Lipinski definition) is 8. The molecule has 0 radical (unpaired) electrons. The summed E-state index contributed by atoms with van der Waals surface area (Å²) >= 11 is 6.99. The summed E-state index contributed by atoms with van der Waals surface area (Å²) in [6.45, 7) is 3.34. The van der Waals surface area contributed by atoms with E-state index in [-0.39, 0.29) is 35.9 Å². The van der Waals surface area contributed by atoms with Crippen LogP contribution in [0.15, 0.2) is 35.2 Å². The van der Waals surface area contributed by atoms with Crippen LogP contribution in [-0.2, 0) is 24.3 Å². The molecule has 3 heterocycles. The molecule has 0 aliphatic carbocycles. The third-order valence-corrected chi connectivity index (χ3v) is 9.55. The fraction of sp³-hybridized carbons (Fsp3) is 0.480. The monoisotopic (exact) mass is 618 g/mol. The van der Waals surface area contributed by atoms with Gasteiger partial charge in [-0.15, -0.1) is 23.7 Å². The van der Waals surface area contributed by atoms with Gasteiger partial charge >= 0.3 is 5.97 Å². The number of sulfonamides is 1. The van der Waals surface area contributed by atoms with Crippen molar-refractivity contribution in [1.82, 2.24) is 14.9 Å². The van der Waals surface area contributed by atoms with Gasteiger partial charge in [0, 0.05) is 38.3 Å². The van der Waals surface area contributed by atoms with Crippen molar-refractivity contribution in [3.05, 3.63) is 45.1 Å². The minimum absolute atomic E-state index is 0. The second-order valence-electron chi connectivity index (χ2n) is 9.48. The number of benzene rings is 1. The van der Waals surface area contributed by atoms with Crippen LogP contribution < -0.4 is 14.9 Å². The highest BCUT2D eigenvalue weighted by Gasteiger charge is 2.32. The molecule has 2 fully saturated rings. The maximum atomic E-state index is 13.5. The average Bonchev–Trinajstić information content (AvgIpc) is 3.51. The Balaban J connectivity index is 0.00000420. The highest BCUT2D eigenvalue weighted by Crippen LogP contribution is 2.29. The van der Waals surface area contributed by atoms with Crippen LogP contribution in [0.3, 0.4) is 0 Å². The molecular weight excluding hydrogens is 587 g/mol. The number of ether oxygens (including phenoxy) is 1. The van der Waals surface area contributed by atoms with Gasteiger partial charge in [-0.1, -0.05) is 17.7 Å². The van der Waals surface area contributed by atoms with Crippen LogP contribution in [0.4, 0.5) is 5.69 Å². The van der Waals surface area contributed by atoms with Crippen molar-refractivity contribution in [1.29, 1.82) is 0 Å². The van der Waals surface area contributed by atoms with Crippen LogP contribution in [0, 0.1) is 6.92 Å². The van der Waals surface area contributed by atoms with Crippen molar-refractivity contribution in [3.63, 3.8) is 0 Å². The highest BCUT2D eigenvalue weighted by molar-refractivity contribution is 7.89. The quantitative estimate of drug-likeness (QED) is 0.414. The zero-order chi connectivity index (χ0) is 27.4. The van der Waals surface area contributed by atoms with Gasteiger partial charge in [0.25, 0.3) is 5.91 Å². The Hall–Kier alpha value is -2.22. The zero-order valence-corrected chi connectivity index (χ0v) is 24.9. The number of rotatable bonds is 9. The minimum Gasteiger partial charge on any atom is -0.461 e. The molecule has 1 atom stereocenters. The smallest absolute Gasteiger partial charge is 0.326 e. The molecule has 2 amide bonds. The van der Waals surface area contributed by atoms with E-state index >= 15 is 0 Å². The SMILES string of the molecule is Cc1c(N2CCCC2=O)cccc1S(=O)(=O)N[C@@H](CNC(=O)c1ccc(Cl)s1)C(=O)OC1CCN(C)CC1.Cl. The molecule has 214 valence electrons. The number of carbonyl (C=O) groups excluding carboxylic acids is 3. The number of thiophene rings is 1. The maximum Gasteiger partial charge on any atom is 0.326 e. The number of hydrogen-bond donors (Lipinski definition) is 2. The van der Waals surface area contributed by atoms with Crippen molar-refractivity contribution in [2.45, 2.75) is 49.6 Å². The maximum absolute atomic E-state index is 13.5. The van der Waals surface area contributed by atoms with Crippen LogP contribution in [0.25, 0.3) is 0 Å². The number of anilines is 1. The molecule has 0 spiro atoms. The highest BCUT2D eigenvalue weighted by atomic mass is 35.5. The fourth-order valence-corrected chi connectivity index (χ4v) is 6.99. The first-order chi connectivity index (χ1) is 18.0. The molecule has 10 nitrogen and oxygen atoms in total. The normalized spacial score (nSPS) is 17.5. The summed E-state index contributed by atoms with van der Waals surface area (Å²) in [6.07, 6.45) is 2.03. The van der Waals surface area contributed by atoms with E-state index in [4.69, 9.17) is 16.3 Å². The van der Waals surface area contributed by atoms with Crippen molar-refractivity contribution in [2.24, 2.45) is 0 Å². The molecule has 2 saturated heterocycles. The Labute approximate surface area is 243 Å². The number of nitrogens with one attached hydrogen (secondary N) is 2. The summed E-state index contributed by atoms with van der Waals surface area (Å²) in [5.74, 6) is -1.31. The van der Waals surface area contributed by atoms with Gasteiger partial charge in [-0.3, -0.25) is 14.4 Å². The van der Waals surface area contributed by atoms with Crippen molar-refractivity contribution < 1.29 is 27.5 Å². The predicted molar refractivity (Wildman–Crippen MR) is 152 cm³/mol. The lowest BCUT2D eigenvalue weighted by atomic mass is 10.1. The molecule has 2 aliphatic heterocycles. The van der Waals surface area contributed by atoms with E-state index in [1.165, 1.54) is 6.07 Å². The molecule has 39 heavy (non-hydrogen) atoms. The topological polar surface area (TPSA) is 125 Å². The molecular formula is C25H32Cl2N4O6S2. The number of halogens is 2. The van der Waals surface area contributed by atoms with E-state index in [0.717, 1.165) is 24.4 Å². The summed E-state index contributed by atoms with van der Waals surface area (Å²) in [5, 5.41) is 2.61. The zero-order valence-electron chi connectivity index (χ0n) is 21.6. The van der Waals surface area contributed by atoms with Gasteiger partial charge in [0.05, 0.1) is 14.1 Å². The van der Waals surface area contributed by atoms with Gasteiger partial charge in [-0.05, 0) is 63.1 Å².